The number of nitrogens with zero attached hydrogens (tertiary/aromatic N) is 3. The maximum Gasteiger partial charge on any atom is 0.262 e. The molecule has 7 heteroatoms. The zero-order valence-electron chi connectivity index (χ0n) is 18.3. The lowest BCUT2D eigenvalue weighted by Crippen LogP contribution is -2.23. The summed E-state index contributed by atoms with van der Waals surface area (Å²) in [7, 11) is 1.62. The Kier molecular flexibility index (Phi) is 6.37. The molecule has 2 aromatic carbocycles. The van der Waals surface area contributed by atoms with Crippen molar-refractivity contribution < 1.29 is 13.9 Å². The summed E-state index contributed by atoms with van der Waals surface area (Å²) >= 11 is 0. The maximum atomic E-state index is 12.7. The molecule has 0 aliphatic carbocycles. The van der Waals surface area contributed by atoms with E-state index in [0.717, 1.165) is 22.6 Å². The third kappa shape index (κ3) is 4.86. The lowest BCUT2D eigenvalue weighted by molar-refractivity contribution is -0.117. The van der Waals surface area contributed by atoms with Gasteiger partial charge < -0.3 is 14.5 Å². The molecule has 33 heavy (non-hydrogen) atoms. The topological polar surface area (TPSA) is 93.1 Å². The minimum atomic E-state index is -0.487. The molecule has 0 fully saturated rings. The zero-order chi connectivity index (χ0) is 23.2. The van der Waals surface area contributed by atoms with Crippen LogP contribution in [0.5, 0.6) is 5.75 Å². The molecular weight excluding hydrogens is 416 g/mol. The van der Waals surface area contributed by atoms with Gasteiger partial charge in [0.25, 0.3) is 5.91 Å². The molecule has 2 heterocycles. The van der Waals surface area contributed by atoms with Gasteiger partial charge in [0.2, 0.25) is 0 Å². The number of methoxy groups -OCH3 is 1. The van der Waals surface area contributed by atoms with Crippen molar-refractivity contribution in [1.29, 1.82) is 5.26 Å². The first-order chi connectivity index (χ1) is 16.1. The van der Waals surface area contributed by atoms with Crippen molar-refractivity contribution >= 4 is 12.0 Å². The van der Waals surface area contributed by atoms with Gasteiger partial charge in [0.05, 0.1) is 25.6 Å². The number of carbonyl (C=O) groups is 1. The highest BCUT2D eigenvalue weighted by Crippen LogP contribution is 2.30. The number of para-hydroxylation sites is 1. The second-order valence-corrected chi connectivity index (χ2v) is 7.33. The number of aromatic nitrogens is 2. The summed E-state index contributed by atoms with van der Waals surface area (Å²) in [5, 5.41) is 17.2. The molecule has 4 aromatic rings. The van der Waals surface area contributed by atoms with Gasteiger partial charge in [0.15, 0.2) is 0 Å². The van der Waals surface area contributed by atoms with Crippen molar-refractivity contribution in [3.8, 4) is 28.8 Å². The molecule has 0 aliphatic heterocycles. The second-order valence-electron chi connectivity index (χ2n) is 7.33. The van der Waals surface area contributed by atoms with Crippen LogP contribution < -0.4 is 10.1 Å². The predicted octanol–water partition coefficient (Wildman–Crippen LogP) is 4.67. The lowest BCUT2D eigenvalue weighted by Gasteiger charge is -2.07. The fourth-order valence-corrected chi connectivity index (χ4v) is 3.42. The van der Waals surface area contributed by atoms with E-state index in [9.17, 15) is 10.1 Å². The Morgan fingerprint density at radius 1 is 1.21 bits per heavy atom. The minimum absolute atomic E-state index is 0.0263. The van der Waals surface area contributed by atoms with Crippen LogP contribution in [-0.4, -0.2) is 22.8 Å². The van der Waals surface area contributed by atoms with Crippen molar-refractivity contribution in [2.45, 2.75) is 13.5 Å². The fraction of sp³-hybridized carbons (Fsp3) is 0.115. The molecule has 4 rings (SSSR count). The normalized spacial score (nSPS) is 11.1. The fourth-order valence-electron chi connectivity index (χ4n) is 3.42. The van der Waals surface area contributed by atoms with Gasteiger partial charge in [-0.2, -0.15) is 10.4 Å². The summed E-state index contributed by atoms with van der Waals surface area (Å²) in [4.78, 5) is 12.7. The van der Waals surface area contributed by atoms with Gasteiger partial charge in [-0.3, -0.25) is 4.79 Å². The first kappa shape index (κ1) is 21.7. The highest BCUT2D eigenvalue weighted by molar-refractivity contribution is 6.02. The van der Waals surface area contributed by atoms with Crippen molar-refractivity contribution in [3.63, 3.8) is 0 Å². The third-order valence-corrected chi connectivity index (χ3v) is 5.12. The Hall–Kier alpha value is -4.57. The number of ether oxygens (including phenoxy) is 1. The van der Waals surface area contributed by atoms with Gasteiger partial charge in [0.1, 0.15) is 28.8 Å². The number of nitrogens with one attached hydrogen (secondary N) is 1. The van der Waals surface area contributed by atoms with Crippen LogP contribution in [0.1, 0.15) is 16.9 Å². The van der Waals surface area contributed by atoms with Crippen LogP contribution >= 0.6 is 0 Å². The molecule has 7 nitrogen and oxygen atoms in total. The molecule has 0 aliphatic rings. The van der Waals surface area contributed by atoms with Gasteiger partial charge in [-0.1, -0.05) is 18.2 Å². The van der Waals surface area contributed by atoms with Gasteiger partial charge in [-0.25, -0.2) is 4.68 Å². The van der Waals surface area contributed by atoms with E-state index in [1.165, 1.54) is 6.26 Å². The zero-order valence-corrected chi connectivity index (χ0v) is 18.3. The largest absolute Gasteiger partial charge is 0.497 e. The quantitative estimate of drug-likeness (QED) is 0.334. The SMILES string of the molecule is COc1ccc(-c2nn(-c3ccccc3)cc2C=C(C#N)C(=O)NCc2ccco2)c(C)c1. The number of rotatable bonds is 7. The minimum Gasteiger partial charge on any atom is -0.497 e. The van der Waals surface area contributed by atoms with Crippen LogP contribution in [-0.2, 0) is 11.3 Å². The summed E-state index contributed by atoms with van der Waals surface area (Å²) in [6.07, 6.45) is 4.90. The highest BCUT2D eigenvalue weighted by Gasteiger charge is 2.17. The summed E-state index contributed by atoms with van der Waals surface area (Å²) in [6, 6.07) is 20.9. The Morgan fingerprint density at radius 2 is 2.03 bits per heavy atom. The van der Waals surface area contributed by atoms with Crippen LogP contribution in [0.15, 0.2) is 83.1 Å². The molecule has 0 radical (unpaired) electrons. The molecule has 0 spiro atoms. The third-order valence-electron chi connectivity index (χ3n) is 5.12. The number of furan rings is 1. The van der Waals surface area contributed by atoms with Crippen LogP contribution in [0, 0.1) is 18.3 Å². The molecular formula is C26H22N4O3. The van der Waals surface area contributed by atoms with Crippen molar-refractivity contribution in [1.82, 2.24) is 15.1 Å². The van der Waals surface area contributed by atoms with Crippen molar-refractivity contribution in [3.05, 3.63) is 95.6 Å². The molecule has 0 bridgehead atoms. The van der Waals surface area contributed by atoms with Crippen LogP contribution in [0.25, 0.3) is 23.0 Å². The van der Waals surface area contributed by atoms with E-state index in [4.69, 9.17) is 14.3 Å². The number of amides is 1. The average molecular weight is 438 g/mol. The Morgan fingerprint density at radius 3 is 2.70 bits per heavy atom. The Balaban J connectivity index is 1.74. The monoisotopic (exact) mass is 438 g/mol. The number of benzene rings is 2. The molecule has 0 saturated carbocycles. The number of hydrogen-bond donors (Lipinski definition) is 1. The standard InChI is InChI=1S/C26H22N4O3/c1-18-13-22(32-2)10-11-24(18)25-20(17-30(29-25)21-7-4-3-5-8-21)14-19(15-27)26(31)28-16-23-9-6-12-33-23/h3-14,17H,16H2,1-2H3,(H,28,31). The predicted molar refractivity (Wildman–Crippen MR) is 124 cm³/mol. The summed E-state index contributed by atoms with van der Waals surface area (Å²) in [5.41, 5.74) is 3.99. The summed E-state index contributed by atoms with van der Waals surface area (Å²) < 4.78 is 12.3. The van der Waals surface area contributed by atoms with E-state index < -0.39 is 5.91 Å². The van der Waals surface area contributed by atoms with Crippen LogP contribution in [0.3, 0.4) is 0 Å². The molecule has 0 saturated heterocycles. The molecule has 0 unspecified atom stereocenters. The molecule has 1 N–H and O–H groups in total. The van der Waals surface area contributed by atoms with Crippen LogP contribution in [0.2, 0.25) is 0 Å². The van der Waals surface area contributed by atoms with E-state index in [1.54, 1.807) is 30.0 Å². The van der Waals surface area contributed by atoms with Crippen LogP contribution in [0.4, 0.5) is 0 Å². The average Bonchev–Trinajstić information content (AvgIpc) is 3.51. The van der Waals surface area contributed by atoms with Gasteiger partial charge in [-0.15, -0.1) is 0 Å². The Labute approximate surface area is 191 Å². The van der Waals surface area contributed by atoms with E-state index in [0.29, 0.717) is 17.0 Å². The van der Waals surface area contributed by atoms with Gasteiger partial charge in [0, 0.05) is 17.3 Å². The number of nitriles is 1. The first-order valence-corrected chi connectivity index (χ1v) is 10.3. The molecule has 0 atom stereocenters. The lowest BCUT2D eigenvalue weighted by atomic mass is 10.0. The van der Waals surface area contributed by atoms with E-state index in [2.05, 4.69) is 5.32 Å². The second kappa shape index (κ2) is 9.71. The van der Waals surface area contributed by atoms with E-state index >= 15 is 0 Å². The highest BCUT2D eigenvalue weighted by atomic mass is 16.5. The number of hydrogen-bond acceptors (Lipinski definition) is 5. The van der Waals surface area contributed by atoms with Crippen molar-refractivity contribution in [2.75, 3.05) is 7.11 Å². The number of carbonyl (C=O) groups excluding carboxylic acids is 1. The van der Waals surface area contributed by atoms with Crippen molar-refractivity contribution in [2.24, 2.45) is 0 Å². The van der Waals surface area contributed by atoms with E-state index in [1.807, 2.05) is 67.7 Å². The van der Waals surface area contributed by atoms with Gasteiger partial charge in [-0.05, 0) is 61.0 Å². The number of aryl methyl sites for hydroxylation is 1. The summed E-state index contributed by atoms with van der Waals surface area (Å²) in [6.45, 7) is 2.16. The maximum absolute atomic E-state index is 12.7. The smallest absolute Gasteiger partial charge is 0.262 e. The Bertz CT molecular complexity index is 1330. The van der Waals surface area contributed by atoms with E-state index in [-0.39, 0.29) is 12.1 Å². The summed E-state index contributed by atoms with van der Waals surface area (Å²) in [5.74, 6) is 0.858. The molecule has 2 aromatic heterocycles. The van der Waals surface area contributed by atoms with Gasteiger partial charge >= 0.3 is 0 Å². The first-order valence-electron chi connectivity index (χ1n) is 10.3. The molecule has 164 valence electrons. The molecule has 1 amide bonds.